The minimum atomic E-state index is -1.23. The average molecular weight is 469 g/mol. The van der Waals surface area contributed by atoms with E-state index in [0.29, 0.717) is 16.7 Å². The van der Waals surface area contributed by atoms with Crippen LogP contribution < -0.4 is 0 Å². The summed E-state index contributed by atoms with van der Waals surface area (Å²) in [6.45, 7) is 8.75. The first-order valence-electron chi connectivity index (χ1n) is 10.0. The van der Waals surface area contributed by atoms with E-state index in [4.69, 9.17) is 23.7 Å². The van der Waals surface area contributed by atoms with Gasteiger partial charge in [-0.3, -0.25) is 14.4 Å². The number of carbonyl (C=O) groups is 4. The number of esters is 4. The third-order valence-electron chi connectivity index (χ3n) is 4.79. The Bertz CT molecular complexity index is 874. The van der Waals surface area contributed by atoms with Gasteiger partial charge in [-0.2, -0.15) is 0 Å². The molecule has 9 nitrogen and oxygen atoms in total. The molecule has 0 bridgehead atoms. The van der Waals surface area contributed by atoms with Crippen molar-refractivity contribution >= 4 is 36.5 Å². The van der Waals surface area contributed by atoms with Crippen molar-refractivity contribution in [2.24, 2.45) is 0 Å². The molecule has 1 aromatic carbocycles. The fourth-order valence-electron chi connectivity index (χ4n) is 3.70. The molecule has 1 aliphatic rings. The Kier molecular flexibility index (Phi) is 8.68. The highest BCUT2D eigenvalue weighted by Gasteiger charge is 2.51. The number of hydrogen-bond acceptors (Lipinski definition) is 10. The number of benzene rings is 1. The zero-order chi connectivity index (χ0) is 24.2. The molecular weight excluding hydrogens is 440 g/mol. The molecule has 0 radical (unpaired) electrons. The molecule has 5 atom stereocenters. The van der Waals surface area contributed by atoms with Crippen LogP contribution in [0.25, 0.3) is 0 Å². The molecular formula is C22H28O9S. The zero-order valence-corrected chi connectivity index (χ0v) is 19.8. The summed E-state index contributed by atoms with van der Waals surface area (Å²) in [5, 5.41) is 0. The highest BCUT2D eigenvalue weighted by Crippen LogP contribution is 2.31. The van der Waals surface area contributed by atoms with Gasteiger partial charge in [0.2, 0.25) is 0 Å². The van der Waals surface area contributed by atoms with E-state index in [-0.39, 0.29) is 6.61 Å². The van der Waals surface area contributed by atoms with E-state index in [1.807, 2.05) is 19.1 Å². The van der Waals surface area contributed by atoms with Crippen molar-refractivity contribution in [2.45, 2.75) is 71.4 Å². The Balaban J connectivity index is 2.39. The molecule has 0 amide bonds. The zero-order valence-electron chi connectivity index (χ0n) is 18.9. The van der Waals surface area contributed by atoms with Crippen LogP contribution in [0.2, 0.25) is 0 Å². The van der Waals surface area contributed by atoms with Crippen LogP contribution in [0.15, 0.2) is 12.1 Å². The van der Waals surface area contributed by atoms with Crippen molar-refractivity contribution in [3.8, 4) is 0 Å². The van der Waals surface area contributed by atoms with Gasteiger partial charge in [-0.05, 0) is 31.9 Å². The molecule has 0 aliphatic carbocycles. The standard InChI is InChI=1S/C22H28O9S/c1-10-7-11(2)17(12(3)8-10)21(26)31-20-19(29-15(6)25)18(28-14(5)24)16(30-22(20)32)9-27-13(4)23/h7-8,16,18-20,22,32H,9H2,1-6H3/t16-,18-,19+,20+,22+/m1/s1. The summed E-state index contributed by atoms with van der Waals surface area (Å²) < 4.78 is 27.1. The predicted octanol–water partition coefficient (Wildman–Crippen LogP) is 2.22. The molecule has 0 saturated carbocycles. The van der Waals surface area contributed by atoms with Crippen LogP contribution in [-0.4, -0.2) is 60.3 Å². The Hall–Kier alpha value is -2.59. The van der Waals surface area contributed by atoms with Gasteiger partial charge < -0.3 is 23.7 Å². The van der Waals surface area contributed by atoms with Crippen LogP contribution in [0.1, 0.15) is 47.8 Å². The van der Waals surface area contributed by atoms with Gasteiger partial charge in [0.15, 0.2) is 18.3 Å². The van der Waals surface area contributed by atoms with Crippen molar-refractivity contribution in [3.05, 3.63) is 34.4 Å². The minimum absolute atomic E-state index is 0.279. The molecule has 10 heteroatoms. The van der Waals surface area contributed by atoms with Gasteiger partial charge in [0.1, 0.15) is 18.1 Å². The first kappa shape index (κ1) is 25.7. The molecule has 1 aliphatic heterocycles. The van der Waals surface area contributed by atoms with Crippen LogP contribution in [0.3, 0.4) is 0 Å². The summed E-state index contributed by atoms with van der Waals surface area (Å²) in [6.07, 6.45) is -4.62. The second kappa shape index (κ2) is 10.8. The highest BCUT2D eigenvalue weighted by molar-refractivity contribution is 7.80. The minimum Gasteiger partial charge on any atom is -0.463 e. The lowest BCUT2D eigenvalue weighted by molar-refractivity contribution is -0.231. The van der Waals surface area contributed by atoms with E-state index in [1.165, 1.54) is 20.8 Å². The van der Waals surface area contributed by atoms with Crippen LogP contribution in [0.4, 0.5) is 0 Å². The van der Waals surface area contributed by atoms with E-state index in [2.05, 4.69) is 12.6 Å². The molecule has 1 heterocycles. The summed E-state index contributed by atoms with van der Waals surface area (Å²) in [5.41, 5.74) is 1.73. The molecule has 1 fully saturated rings. The molecule has 1 saturated heterocycles. The molecule has 0 N–H and O–H groups in total. The Morgan fingerprint density at radius 2 is 1.38 bits per heavy atom. The number of aryl methyl sites for hydroxylation is 3. The molecule has 0 unspecified atom stereocenters. The first-order chi connectivity index (χ1) is 14.9. The average Bonchev–Trinajstić information content (AvgIpc) is 2.63. The normalized spacial score (nSPS) is 24.9. The second-order valence-electron chi connectivity index (χ2n) is 7.66. The second-order valence-corrected chi connectivity index (χ2v) is 8.17. The Morgan fingerprint density at radius 3 is 1.88 bits per heavy atom. The van der Waals surface area contributed by atoms with Crippen LogP contribution in [0.5, 0.6) is 0 Å². The van der Waals surface area contributed by atoms with Gasteiger partial charge >= 0.3 is 23.9 Å². The summed E-state index contributed by atoms with van der Waals surface area (Å²) in [6, 6.07) is 3.69. The van der Waals surface area contributed by atoms with Crippen molar-refractivity contribution in [1.29, 1.82) is 0 Å². The van der Waals surface area contributed by atoms with Gasteiger partial charge in [-0.15, -0.1) is 12.6 Å². The SMILES string of the molecule is CC(=O)OC[C@H]1O[C@@H](S)[C@@H](OC(=O)c2c(C)cc(C)cc2C)[C@@H](OC(C)=O)[C@@H]1OC(C)=O. The van der Waals surface area contributed by atoms with E-state index >= 15 is 0 Å². The van der Waals surface area contributed by atoms with Crippen molar-refractivity contribution < 1.29 is 42.9 Å². The maximum absolute atomic E-state index is 13.0. The van der Waals surface area contributed by atoms with Gasteiger partial charge in [-0.25, -0.2) is 4.79 Å². The molecule has 0 aromatic heterocycles. The first-order valence-corrected chi connectivity index (χ1v) is 10.5. The largest absolute Gasteiger partial charge is 0.463 e. The smallest absolute Gasteiger partial charge is 0.339 e. The van der Waals surface area contributed by atoms with Gasteiger partial charge in [-0.1, -0.05) is 17.7 Å². The summed E-state index contributed by atoms with van der Waals surface area (Å²) in [4.78, 5) is 47.8. The number of rotatable bonds is 6. The van der Waals surface area contributed by atoms with E-state index in [1.54, 1.807) is 13.8 Å². The van der Waals surface area contributed by atoms with E-state index in [0.717, 1.165) is 5.56 Å². The number of carbonyl (C=O) groups excluding carboxylic acids is 4. The Morgan fingerprint density at radius 1 is 0.844 bits per heavy atom. The maximum atomic E-state index is 13.0. The van der Waals surface area contributed by atoms with E-state index in [9.17, 15) is 19.2 Å². The van der Waals surface area contributed by atoms with Crippen LogP contribution >= 0.6 is 12.6 Å². The van der Waals surface area contributed by atoms with Crippen molar-refractivity contribution in [1.82, 2.24) is 0 Å². The highest BCUT2D eigenvalue weighted by atomic mass is 32.1. The predicted molar refractivity (Wildman–Crippen MR) is 115 cm³/mol. The van der Waals surface area contributed by atoms with Crippen LogP contribution in [0, 0.1) is 20.8 Å². The lowest BCUT2D eigenvalue weighted by Gasteiger charge is -2.43. The monoisotopic (exact) mass is 468 g/mol. The topological polar surface area (TPSA) is 114 Å². The van der Waals surface area contributed by atoms with Gasteiger partial charge in [0.25, 0.3) is 0 Å². The summed E-state index contributed by atoms with van der Waals surface area (Å²) in [7, 11) is 0. The maximum Gasteiger partial charge on any atom is 0.339 e. The Labute approximate surface area is 192 Å². The van der Waals surface area contributed by atoms with E-state index < -0.39 is 53.7 Å². The molecule has 1 aromatic rings. The molecule has 176 valence electrons. The number of ether oxygens (including phenoxy) is 5. The van der Waals surface area contributed by atoms with Crippen LogP contribution in [-0.2, 0) is 38.1 Å². The molecule has 2 rings (SSSR count). The third-order valence-corrected chi connectivity index (χ3v) is 5.20. The number of thiol groups is 1. The quantitative estimate of drug-likeness (QED) is 0.381. The number of hydrogen-bond donors (Lipinski definition) is 1. The fourth-order valence-corrected chi connectivity index (χ4v) is 4.09. The van der Waals surface area contributed by atoms with Gasteiger partial charge in [0, 0.05) is 20.8 Å². The fraction of sp³-hybridized carbons (Fsp3) is 0.545. The molecule has 32 heavy (non-hydrogen) atoms. The third kappa shape index (κ3) is 6.46. The van der Waals surface area contributed by atoms with Crippen molar-refractivity contribution in [2.75, 3.05) is 6.61 Å². The lowest BCUT2D eigenvalue weighted by Crippen LogP contribution is -2.61. The lowest BCUT2D eigenvalue weighted by atomic mass is 9.98. The van der Waals surface area contributed by atoms with Gasteiger partial charge in [0.05, 0.1) is 5.56 Å². The summed E-state index contributed by atoms with van der Waals surface area (Å²) in [5.74, 6) is -2.61. The molecule has 0 spiro atoms. The summed E-state index contributed by atoms with van der Waals surface area (Å²) >= 11 is 4.36. The van der Waals surface area contributed by atoms with Crippen molar-refractivity contribution in [3.63, 3.8) is 0 Å².